The van der Waals surface area contributed by atoms with Crippen LogP contribution in [0.3, 0.4) is 0 Å². The highest BCUT2D eigenvalue weighted by Crippen LogP contribution is 2.21. The highest BCUT2D eigenvalue weighted by Gasteiger charge is 2.10. The van der Waals surface area contributed by atoms with Crippen molar-refractivity contribution in [2.24, 2.45) is 0 Å². The monoisotopic (exact) mass is 562 g/mol. The molecule has 0 aliphatic heterocycles. The molecule has 3 rings (SSSR count). The van der Waals surface area contributed by atoms with Crippen LogP contribution >= 0.6 is 11.8 Å². The topological polar surface area (TPSA) is 71.1 Å². The average molecular weight is 563 g/mol. The lowest BCUT2D eigenvalue weighted by atomic mass is 10.1. The SMILES string of the molecule is COC(=O)CCCSC(/C=C\Cc1ccc(OCCCOc2ccccc2)cc1)Cc1ccc(C(=O)OC)cc1. The summed E-state index contributed by atoms with van der Waals surface area (Å²) in [7, 11) is 2.80. The van der Waals surface area contributed by atoms with Gasteiger partial charge in [-0.25, -0.2) is 4.79 Å². The fourth-order valence-electron chi connectivity index (χ4n) is 3.90. The zero-order chi connectivity index (χ0) is 28.4. The summed E-state index contributed by atoms with van der Waals surface area (Å²) >= 11 is 1.82. The van der Waals surface area contributed by atoms with Crippen LogP contribution in [0.5, 0.6) is 11.5 Å². The molecule has 7 heteroatoms. The Hall–Kier alpha value is -3.71. The first-order valence-corrected chi connectivity index (χ1v) is 14.5. The van der Waals surface area contributed by atoms with Gasteiger partial charge in [-0.3, -0.25) is 4.79 Å². The lowest BCUT2D eigenvalue weighted by Gasteiger charge is -2.13. The van der Waals surface area contributed by atoms with E-state index in [-0.39, 0.29) is 17.2 Å². The Kier molecular flexibility index (Phi) is 13.7. The molecule has 3 aromatic carbocycles. The third-order valence-electron chi connectivity index (χ3n) is 6.09. The molecule has 3 aromatic rings. The maximum atomic E-state index is 11.7. The molecule has 1 atom stereocenters. The molecule has 0 spiro atoms. The van der Waals surface area contributed by atoms with Crippen molar-refractivity contribution in [2.45, 2.75) is 37.4 Å². The number of hydrogen-bond donors (Lipinski definition) is 0. The number of allylic oxidation sites excluding steroid dienone is 1. The van der Waals surface area contributed by atoms with Gasteiger partial charge in [0.1, 0.15) is 11.5 Å². The largest absolute Gasteiger partial charge is 0.493 e. The van der Waals surface area contributed by atoms with E-state index in [1.807, 2.05) is 66.4 Å². The Morgan fingerprint density at radius 3 is 2.08 bits per heavy atom. The van der Waals surface area contributed by atoms with Crippen molar-refractivity contribution in [3.05, 3.63) is 108 Å². The van der Waals surface area contributed by atoms with Gasteiger partial charge >= 0.3 is 11.9 Å². The molecule has 0 amide bonds. The molecule has 0 bridgehead atoms. The van der Waals surface area contributed by atoms with Crippen LogP contribution in [0.25, 0.3) is 0 Å². The number of hydrogen-bond acceptors (Lipinski definition) is 7. The van der Waals surface area contributed by atoms with E-state index < -0.39 is 0 Å². The third kappa shape index (κ3) is 11.6. The van der Waals surface area contributed by atoms with E-state index in [0.717, 1.165) is 48.5 Å². The van der Waals surface area contributed by atoms with Gasteiger partial charge in [-0.15, -0.1) is 0 Å². The lowest BCUT2D eigenvalue weighted by molar-refractivity contribution is -0.140. The van der Waals surface area contributed by atoms with Gasteiger partial charge in [-0.1, -0.05) is 54.6 Å². The van der Waals surface area contributed by atoms with Crippen molar-refractivity contribution >= 4 is 23.7 Å². The summed E-state index contributed by atoms with van der Waals surface area (Å²) in [6.45, 7) is 1.21. The van der Waals surface area contributed by atoms with E-state index >= 15 is 0 Å². The van der Waals surface area contributed by atoms with Crippen LogP contribution in [-0.4, -0.2) is 50.4 Å². The standard InChI is InChI=1S/C33H38O6S/c1-36-32(34)13-7-24-40-31(25-27-14-18-28(19-15-27)33(35)37-2)12-6-9-26-16-20-30(21-17-26)39-23-8-22-38-29-10-4-3-5-11-29/h3-6,10-12,14-21,31H,7-9,13,22-25H2,1-2H3/b12-6-. The Labute approximate surface area is 241 Å². The molecule has 0 radical (unpaired) electrons. The maximum absolute atomic E-state index is 11.7. The first-order valence-electron chi connectivity index (χ1n) is 13.5. The van der Waals surface area contributed by atoms with Crippen molar-refractivity contribution in [1.29, 1.82) is 0 Å². The molecule has 212 valence electrons. The number of carbonyl (C=O) groups excluding carboxylic acids is 2. The van der Waals surface area contributed by atoms with Crippen molar-refractivity contribution < 1.29 is 28.5 Å². The molecule has 0 heterocycles. The number of carbonyl (C=O) groups is 2. The molecule has 1 unspecified atom stereocenters. The van der Waals surface area contributed by atoms with Crippen LogP contribution in [0.1, 0.15) is 40.7 Å². The van der Waals surface area contributed by atoms with Gasteiger partial charge < -0.3 is 18.9 Å². The lowest BCUT2D eigenvalue weighted by Crippen LogP contribution is -2.07. The number of rotatable bonds is 17. The predicted octanol–water partition coefficient (Wildman–Crippen LogP) is 6.72. The highest BCUT2D eigenvalue weighted by atomic mass is 32.2. The maximum Gasteiger partial charge on any atom is 0.337 e. The van der Waals surface area contributed by atoms with Crippen LogP contribution in [0, 0.1) is 0 Å². The minimum atomic E-state index is -0.339. The molecule has 40 heavy (non-hydrogen) atoms. The van der Waals surface area contributed by atoms with Crippen molar-refractivity contribution in [2.75, 3.05) is 33.2 Å². The molecule has 0 aliphatic rings. The first kappa shape index (κ1) is 30.8. The number of esters is 2. The Bertz CT molecular complexity index is 1180. The molecular weight excluding hydrogens is 524 g/mol. The minimum Gasteiger partial charge on any atom is -0.493 e. The molecule has 0 aromatic heterocycles. The Balaban J connectivity index is 1.47. The van der Waals surface area contributed by atoms with Crippen molar-refractivity contribution in [3.63, 3.8) is 0 Å². The zero-order valence-electron chi connectivity index (χ0n) is 23.3. The summed E-state index contributed by atoms with van der Waals surface area (Å²) in [4.78, 5) is 23.2. The van der Waals surface area contributed by atoms with E-state index in [4.69, 9.17) is 18.9 Å². The summed E-state index contributed by atoms with van der Waals surface area (Å²) in [5.41, 5.74) is 2.88. The van der Waals surface area contributed by atoms with Gasteiger partial charge in [0.2, 0.25) is 0 Å². The number of ether oxygens (including phenoxy) is 4. The summed E-state index contributed by atoms with van der Waals surface area (Å²) in [5.74, 6) is 2.06. The van der Waals surface area contributed by atoms with Gasteiger partial charge in [0.25, 0.3) is 0 Å². The van der Waals surface area contributed by atoms with Crippen LogP contribution in [-0.2, 0) is 27.1 Å². The van der Waals surface area contributed by atoms with E-state index in [9.17, 15) is 9.59 Å². The fraction of sp³-hybridized carbons (Fsp3) is 0.333. The molecule has 0 fully saturated rings. The summed E-state index contributed by atoms with van der Waals surface area (Å²) in [6.07, 6.45) is 8.05. The second-order valence-electron chi connectivity index (χ2n) is 9.12. The predicted molar refractivity (Wildman–Crippen MR) is 160 cm³/mol. The molecule has 0 aliphatic carbocycles. The molecular formula is C33H38O6S. The fourth-order valence-corrected chi connectivity index (χ4v) is 5.04. The number of benzene rings is 3. The van der Waals surface area contributed by atoms with Crippen LogP contribution in [0.4, 0.5) is 0 Å². The smallest absolute Gasteiger partial charge is 0.337 e. The zero-order valence-corrected chi connectivity index (χ0v) is 24.1. The van der Waals surface area contributed by atoms with Gasteiger partial charge in [-0.2, -0.15) is 11.8 Å². The van der Waals surface area contributed by atoms with Gasteiger partial charge in [0.05, 0.1) is 33.0 Å². The quantitative estimate of drug-likeness (QED) is 0.103. The number of methoxy groups -OCH3 is 2. The average Bonchev–Trinajstić information content (AvgIpc) is 3.00. The summed E-state index contributed by atoms with van der Waals surface area (Å²) in [5, 5.41) is 0.238. The first-order chi connectivity index (χ1) is 19.6. The van der Waals surface area contributed by atoms with Crippen molar-refractivity contribution in [1.82, 2.24) is 0 Å². The second kappa shape index (κ2) is 17.8. The minimum absolute atomic E-state index is 0.181. The van der Waals surface area contributed by atoms with Gasteiger partial charge in [0, 0.05) is 18.1 Å². The van der Waals surface area contributed by atoms with Crippen LogP contribution in [0.15, 0.2) is 91.0 Å². The second-order valence-corrected chi connectivity index (χ2v) is 10.5. The Morgan fingerprint density at radius 2 is 1.43 bits per heavy atom. The van der Waals surface area contributed by atoms with Crippen LogP contribution < -0.4 is 9.47 Å². The molecule has 0 N–H and O–H groups in total. The number of para-hydroxylation sites is 1. The van der Waals surface area contributed by atoms with E-state index in [1.54, 1.807) is 12.1 Å². The van der Waals surface area contributed by atoms with E-state index in [0.29, 0.717) is 25.2 Å². The van der Waals surface area contributed by atoms with Gasteiger partial charge in [-0.05, 0) is 72.5 Å². The van der Waals surface area contributed by atoms with Crippen LogP contribution in [0.2, 0.25) is 0 Å². The van der Waals surface area contributed by atoms with E-state index in [1.165, 1.54) is 19.8 Å². The Morgan fingerprint density at radius 1 is 0.775 bits per heavy atom. The highest BCUT2D eigenvalue weighted by molar-refractivity contribution is 8.00. The summed E-state index contributed by atoms with van der Waals surface area (Å²) in [6, 6.07) is 25.5. The molecule has 6 nitrogen and oxygen atoms in total. The number of thioether (sulfide) groups is 1. The van der Waals surface area contributed by atoms with E-state index in [2.05, 4.69) is 24.3 Å². The summed E-state index contributed by atoms with van der Waals surface area (Å²) < 4.78 is 21.1. The molecule has 0 saturated carbocycles. The van der Waals surface area contributed by atoms with Gasteiger partial charge in [0.15, 0.2) is 0 Å². The third-order valence-corrected chi connectivity index (χ3v) is 7.37. The molecule has 0 saturated heterocycles. The normalized spacial score (nSPS) is 11.7. The van der Waals surface area contributed by atoms with Crippen molar-refractivity contribution in [3.8, 4) is 11.5 Å².